The molecule has 0 radical (unpaired) electrons. The molecule has 0 saturated heterocycles. The molecule has 104 valence electrons. The summed E-state index contributed by atoms with van der Waals surface area (Å²) >= 11 is 0. The lowest BCUT2D eigenvalue weighted by molar-refractivity contribution is 0.339. The Morgan fingerprint density at radius 3 is 2.37 bits per heavy atom. The van der Waals surface area contributed by atoms with Crippen molar-refractivity contribution in [3.05, 3.63) is 17.6 Å². The van der Waals surface area contributed by atoms with Crippen molar-refractivity contribution in [1.29, 1.82) is 0 Å². The maximum Gasteiger partial charge on any atom is 0.134 e. The Bertz CT molecular complexity index is 432. The zero-order chi connectivity index (χ0) is 13.2. The molecular formula is C16H25N3. The summed E-state index contributed by atoms with van der Waals surface area (Å²) < 4.78 is 0. The Hall–Kier alpha value is -1.12. The van der Waals surface area contributed by atoms with E-state index in [2.05, 4.69) is 25.2 Å². The molecule has 1 aromatic rings. The molecule has 19 heavy (non-hydrogen) atoms. The molecule has 0 amide bonds. The first-order valence-corrected chi connectivity index (χ1v) is 7.89. The van der Waals surface area contributed by atoms with Gasteiger partial charge >= 0.3 is 0 Å². The molecule has 2 aliphatic carbocycles. The van der Waals surface area contributed by atoms with E-state index in [0.29, 0.717) is 11.8 Å². The van der Waals surface area contributed by atoms with Crippen molar-refractivity contribution >= 4 is 5.82 Å². The summed E-state index contributed by atoms with van der Waals surface area (Å²) in [6, 6.07) is 2.16. The first-order valence-electron chi connectivity index (χ1n) is 7.89. The van der Waals surface area contributed by atoms with E-state index in [0.717, 1.165) is 24.1 Å². The van der Waals surface area contributed by atoms with Gasteiger partial charge in [-0.05, 0) is 38.5 Å². The lowest BCUT2D eigenvalue weighted by Gasteiger charge is -2.25. The first-order chi connectivity index (χ1) is 9.26. The van der Waals surface area contributed by atoms with E-state index in [1.165, 1.54) is 44.2 Å². The number of nitrogens with zero attached hydrogens (tertiary/aromatic N) is 2. The van der Waals surface area contributed by atoms with E-state index in [9.17, 15) is 0 Å². The van der Waals surface area contributed by atoms with Crippen LogP contribution in [-0.2, 0) is 0 Å². The Labute approximate surface area is 116 Å². The van der Waals surface area contributed by atoms with Crippen LogP contribution in [0.15, 0.2) is 6.07 Å². The van der Waals surface area contributed by atoms with Crippen molar-refractivity contribution < 1.29 is 0 Å². The molecule has 0 spiro atoms. The second kappa shape index (κ2) is 5.48. The van der Waals surface area contributed by atoms with Gasteiger partial charge in [0.05, 0.1) is 0 Å². The molecule has 1 N–H and O–H groups in total. The second-order valence-electron chi connectivity index (χ2n) is 6.30. The highest BCUT2D eigenvalue weighted by atomic mass is 15.0. The lowest BCUT2D eigenvalue weighted by Crippen LogP contribution is -2.15. The van der Waals surface area contributed by atoms with Crippen LogP contribution in [0.4, 0.5) is 5.82 Å². The number of anilines is 1. The highest BCUT2D eigenvalue weighted by Crippen LogP contribution is 2.41. The molecule has 2 fully saturated rings. The van der Waals surface area contributed by atoms with Gasteiger partial charge in [-0.25, -0.2) is 9.97 Å². The Morgan fingerprint density at radius 1 is 1.05 bits per heavy atom. The van der Waals surface area contributed by atoms with Gasteiger partial charge in [-0.3, -0.25) is 0 Å². The van der Waals surface area contributed by atoms with Crippen LogP contribution in [0, 0.1) is 5.92 Å². The van der Waals surface area contributed by atoms with E-state index >= 15 is 0 Å². The van der Waals surface area contributed by atoms with Crippen LogP contribution in [0.1, 0.15) is 75.7 Å². The van der Waals surface area contributed by atoms with Crippen LogP contribution in [-0.4, -0.2) is 16.5 Å². The number of nitrogens with one attached hydrogen (secondary N) is 1. The average Bonchev–Trinajstić information content (AvgIpc) is 3.24. The molecular weight excluding hydrogens is 234 g/mol. The van der Waals surface area contributed by atoms with Crippen LogP contribution >= 0.6 is 0 Å². The number of hydrogen-bond donors (Lipinski definition) is 1. The smallest absolute Gasteiger partial charge is 0.134 e. The van der Waals surface area contributed by atoms with Crippen molar-refractivity contribution in [1.82, 2.24) is 9.97 Å². The predicted octanol–water partition coefficient (Wildman–Crippen LogP) is 4.08. The van der Waals surface area contributed by atoms with Gasteiger partial charge in [0.15, 0.2) is 0 Å². The fourth-order valence-electron chi connectivity index (χ4n) is 3.05. The molecule has 2 aliphatic rings. The van der Waals surface area contributed by atoms with Gasteiger partial charge < -0.3 is 5.32 Å². The fourth-order valence-corrected chi connectivity index (χ4v) is 3.05. The molecule has 0 aromatic carbocycles. The Kier molecular flexibility index (Phi) is 3.72. The Balaban J connectivity index is 1.82. The van der Waals surface area contributed by atoms with E-state index in [1.807, 2.05) is 0 Å². The third-order valence-electron chi connectivity index (χ3n) is 4.50. The van der Waals surface area contributed by atoms with Crippen LogP contribution in [0.5, 0.6) is 0 Å². The zero-order valence-electron chi connectivity index (χ0n) is 12.2. The summed E-state index contributed by atoms with van der Waals surface area (Å²) in [4.78, 5) is 9.64. The van der Waals surface area contributed by atoms with Crippen molar-refractivity contribution in [3.8, 4) is 0 Å². The van der Waals surface area contributed by atoms with Crippen molar-refractivity contribution in [3.63, 3.8) is 0 Å². The standard InChI is InChI=1S/C16H25N3/c1-3-17-15-10-14(12-8-9-12)18-16(19-15)13-6-4-11(2)5-7-13/h10-13H,3-9H2,1-2H3,(H,17,18,19). The summed E-state index contributed by atoms with van der Waals surface area (Å²) in [5.41, 5.74) is 1.28. The van der Waals surface area contributed by atoms with Gasteiger partial charge in [-0.1, -0.05) is 19.8 Å². The largest absolute Gasteiger partial charge is 0.370 e. The molecule has 3 heteroatoms. The van der Waals surface area contributed by atoms with Gasteiger partial charge in [-0.2, -0.15) is 0 Å². The minimum Gasteiger partial charge on any atom is -0.370 e. The third kappa shape index (κ3) is 3.07. The lowest BCUT2D eigenvalue weighted by atomic mass is 9.82. The summed E-state index contributed by atoms with van der Waals surface area (Å²) in [5, 5.41) is 3.37. The fraction of sp³-hybridized carbons (Fsp3) is 0.750. The zero-order valence-corrected chi connectivity index (χ0v) is 12.2. The maximum absolute atomic E-state index is 4.88. The van der Waals surface area contributed by atoms with E-state index in [-0.39, 0.29) is 0 Å². The summed E-state index contributed by atoms with van der Waals surface area (Å²) in [5.74, 6) is 4.32. The SMILES string of the molecule is CCNc1cc(C2CC2)nc(C2CCC(C)CC2)n1. The van der Waals surface area contributed by atoms with Crippen molar-refractivity contribution in [2.45, 2.75) is 64.2 Å². The van der Waals surface area contributed by atoms with Gasteiger partial charge in [-0.15, -0.1) is 0 Å². The van der Waals surface area contributed by atoms with Crippen LogP contribution in [0.3, 0.4) is 0 Å². The molecule has 3 rings (SSSR count). The summed E-state index contributed by atoms with van der Waals surface area (Å²) in [7, 11) is 0. The third-order valence-corrected chi connectivity index (χ3v) is 4.50. The number of aromatic nitrogens is 2. The van der Waals surface area contributed by atoms with Crippen molar-refractivity contribution in [2.75, 3.05) is 11.9 Å². The van der Waals surface area contributed by atoms with Crippen LogP contribution < -0.4 is 5.32 Å². The molecule has 0 atom stereocenters. The molecule has 1 aromatic heterocycles. The Morgan fingerprint density at radius 2 is 1.74 bits per heavy atom. The molecule has 2 saturated carbocycles. The normalized spacial score (nSPS) is 27.3. The van der Waals surface area contributed by atoms with Crippen LogP contribution in [0.25, 0.3) is 0 Å². The molecule has 1 heterocycles. The quantitative estimate of drug-likeness (QED) is 0.885. The second-order valence-corrected chi connectivity index (χ2v) is 6.30. The topological polar surface area (TPSA) is 37.8 Å². The van der Waals surface area contributed by atoms with Gasteiger partial charge in [0.2, 0.25) is 0 Å². The average molecular weight is 259 g/mol. The predicted molar refractivity (Wildman–Crippen MR) is 78.5 cm³/mol. The van der Waals surface area contributed by atoms with Gasteiger partial charge in [0.25, 0.3) is 0 Å². The number of hydrogen-bond acceptors (Lipinski definition) is 3. The highest BCUT2D eigenvalue weighted by molar-refractivity contribution is 5.38. The molecule has 0 bridgehead atoms. The van der Waals surface area contributed by atoms with Crippen molar-refractivity contribution in [2.24, 2.45) is 5.92 Å². The minimum atomic E-state index is 0.590. The molecule has 0 unspecified atom stereocenters. The summed E-state index contributed by atoms with van der Waals surface area (Å²) in [6.45, 7) is 5.42. The van der Waals surface area contributed by atoms with E-state index in [4.69, 9.17) is 9.97 Å². The highest BCUT2D eigenvalue weighted by Gasteiger charge is 2.28. The van der Waals surface area contributed by atoms with E-state index in [1.54, 1.807) is 0 Å². The first kappa shape index (κ1) is 12.9. The minimum absolute atomic E-state index is 0.590. The van der Waals surface area contributed by atoms with Crippen LogP contribution in [0.2, 0.25) is 0 Å². The monoisotopic (exact) mass is 259 g/mol. The van der Waals surface area contributed by atoms with Gasteiger partial charge in [0, 0.05) is 30.1 Å². The maximum atomic E-state index is 4.88. The summed E-state index contributed by atoms with van der Waals surface area (Å²) in [6.07, 6.45) is 7.81. The number of rotatable bonds is 4. The van der Waals surface area contributed by atoms with E-state index < -0.39 is 0 Å². The molecule has 3 nitrogen and oxygen atoms in total. The molecule has 0 aliphatic heterocycles. The van der Waals surface area contributed by atoms with Gasteiger partial charge in [0.1, 0.15) is 11.6 Å².